The van der Waals surface area contributed by atoms with E-state index < -0.39 is 17.8 Å². The number of piperidine rings is 1. The van der Waals surface area contributed by atoms with Crippen molar-refractivity contribution >= 4 is 0 Å². The Labute approximate surface area is 169 Å². The molecule has 0 amide bonds. The standard InChI is InChI=1S/C21H27F3N4O/c1-14(2)5-4-10-28-11-8-15(9-12-28)13-29-21-25-20(26-27-21)17-7-3-6-16(18(17)22)19(23)24/h3,5-7,15,19H,4,8-13H2,1-2H3,(H,25,26,27). The monoisotopic (exact) mass is 408 g/mol. The molecule has 0 saturated carbocycles. The quantitative estimate of drug-likeness (QED) is 0.625. The van der Waals surface area contributed by atoms with Crippen molar-refractivity contribution in [3.63, 3.8) is 0 Å². The van der Waals surface area contributed by atoms with Crippen LogP contribution in [0.4, 0.5) is 13.2 Å². The van der Waals surface area contributed by atoms with E-state index in [-0.39, 0.29) is 17.4 Å². The Balaban J connectivity index is 1.50. The number of H-pyrrole nitrogens is 1. The average Bonchev–Trinajstić information content (AvgIpc) is 3.16. The molecule has 1 aliphatic rings. The summed E-state index contributed by atoms with van der Waals surface area (Å²) in [5.74, 6) is -0.579. The van der Waals surface area contributed by atoms with Gasteiger partial charge in [0.05, 0.1) is 17.7 Å². The molecule has 2 heterocycles. The van der Waals surface area contributed by atoms with Crippen LogP contribution < -0.4 is 4.74 Å². The van der Waals surface area contributed by atoms with E-state index in [1.807, 2.05) is 0 Å². The van der Waals surface area contributed by atoms with Crippen molar-refractivity contribution in [1.82, 2.24) is 20.1 Å². The van der Waals surface area contributed by atoms with E-state index in [4.69, 9.17) is 4.74 Å². The molecule has 0 radical (unpaired) electrons. The van der Waals surface area contributed by atoms with Gasteiger partial charge in [0.2, 0.25) is 0 Å². The number of allylic oxidation sites excluding steroid dienone is 1. The van der Waals surface area contributed by atoms with Gasteiger partial charge < -0.3 is 9.64 Å². The highest BCUT2D eigenvalue weighted by molar-refractivity contribution is 5.57. The number of alkyl halides is 2. The maximum Gasteiger partial charge on any atom is 0.312 e. The summed E-state index contributed by atoms with van der Waals surface area (Å²) >= 11 is 0. The molecule has 0 unspecified atom stereocenters. The van der Waals surface area contributed by atoms with Crippen molar-refractivity contribution in [1.29, 1.82) is 0 Å². The van der Waals surface area contributed by atoms with Crippen LogP contribution in [0.1, 0.15) is 45.1 Å². The molecule has 3 rings (SSSR count). The van der Waals surface area contributed by atoms with E-state index in [9.17, 15) is 13.2 Å². The number of aromatic nitrogens is 3. The summed E-state index contributed by atoms with van der Waals surface area (Å²) in [6, 6.07) is 3.97. The zero-order chi connectivity index (χ0) is 20.8. The van der Waals surface area contributed by atoms with Crippen molar-refractivity contribution in [3.05, 3.63) is 41.2 Å². The molecule has 0 aliphatic carbocycles. The fourth-order valence-electron chi connectivity index (χ4n) is 3.43. The van der Waals surface area contributed by atoms with Crippen molar-refractivity contribution in [2.75, 3.05) is 26.2 Å². The molecule has 8 heteroatoms. The highest BCUT2D eigenvalue weighted by Crippen LogP contribution is 2.29. The van der Waals surface area contributed by atoms with E-state index in [2.05, 4.69) is 40.0 Å². The van der Waals surface area contributed by atoms with Crippen LogP contribution >= 0.6 is 0 Å². The summed E-state index contributed by atoms with van der Waals surface area (Å²) < 4.78 is 45.7. The number of nitrogens with one attached hydrogen (secondary N) is 1. The summed E-state index contributed by atoms with van der Waals surface area (Å²) in [7, 11) is 0. The largest absolute Gasteiger partial charge is 0.463 e. The van der Waals surface area contributed by atoms with Crippen molar-refractivity contribution in [3.8, 4) is 17.4 Å². The van der Waals surface area contributed by atoms with Gasteiger partial charge in [0.1, 0.15) is 5.82 Å². The van der Waals surface area contributed by atoms with Gasteiger partial charge >= 0.3 is 6.01 Å². The highest BCUT2D eigenvalue weighted by Gasteiger charge is 2.21. The molecule has 0 bridgehead atoms. The molecule has 0 atom stereocenters. The van der Waals surface area contributed by atoms with Gasteiger partial charge in [-0.15, -0.1) is 0 Å². The third-order valence-electron chi connectivity index (χ3n) is 5.13. The lowest BCUT2D eigenvalue weighted by Gasteiger charge is -2.31. The number of likely N-dealkylation sites (tertiary alicyclic amines) is 1. The normalized spacial score (nSPS) is 15.7. The van der Waals surface area contributed by atoms with E-state index in [1.165, 1.54) is 17.7 Å². The number of hydrogen-bond donors (Lipinski definition) is 1. The van der Waals surface area contributed by atoms with Crippen molar-refractivity contribution in [2.45, 2.75) is 39.5 Å². The van der Waals surface area contributed by atoms with Crippen LogP contribution in [0.15, 0.2) is 29.8 Å². The summed E-state index contributed by atoms with van der Waals surface area (Å²) in [6.07, 6.45) is 2.53. The maximum atomic E-state index is 14.2. The van der Waals surface area contributed by atoms with Gasteiger partial charge in [-0.25, -0.2) is 18.3 Å². The Morgan fingerprint density at radius 1 is 1.31 bits per heavy atom. The number of halogens is 3. The number of ether oxygens (including phenoxy) is 1. The minimum absolute atomic E-state index is 0.00842. The Morgan fingerprint density at radius 2 is 2.07 bits per heavy atom. The Hall–Kier alpha value is -2.35. The molecular formula is C21H27F3N4O. The van der Waals surface area contributed by atoms with Crippen LogP contribution in [-0.2, 0) is 0 Å². The van der Waals surface area contributed by atoms with E-state index >= 15 is 0 Å². The van der Waals surface area contributed by atoms with Crippen LogP contribution in [0, 0.1) is 11.7 Å². The number of aromatic amines is 1. The highest BCUT2D eigenvalue weighted by atomic mass is 19.3. The van der Waals surface area contributed by atoms with Gasteiger partial charge in [0, 0.05) is 6.54 Å². The summed E-state index contributed by atoms with van der Waals surface area (Å²) in [5.41, 5.74) is 0.616. The Kier molecular flexibility index (Phi) is 7.30. The summed E-state index contributed by atoms with van der Waals surface area (Å²) in [6.45, 7) is 7.88. The van der Waals surface area contributed by atoms with Crippen LogP contribution in [0.25, 0.3) is 11.4 Å². The number of hydrogen-bond acceptors (Lipinski definition) is 4. The molecule has 158 valence electrons. The first-order valence-corrected chi connectivity index (χ1v) is 9.92. The lowest BCUT2D eigenvalue weighted by atomic mass is 9.98. The molecule has 29 heavy (non-hydrogen) atoms. The van der Waals surface area contributed by atoms with Crippen LogP contribution in [0.3, 0.4) is 0 Å². The SMILES string of the molecule is CC(C)=CCCN1CCC(COc2nc(-c3cccc(C(F)F)c3F)n[nH]2)CC1. The van der Waals surface area contributed by atoms with Crippen LogP contribution in [0.5, 0.6) is 6.01 Å². The topological polar surface area (TPSA) is 54.0 Å². The predicted molar refractivity (Wildman–Crippen MR) is 105 cm³/mol. The average molecular weight is 408 g/mol. The van der Waals surface area contributed by atoms with Gasteiger partial charge in [-0.2, -0.15) is 10.1 Å². The van der Waals surface area contributed by atoms with E-state index in [1.54, 1.807) is 0 Å². The fourth-order valence-corrected chi connectivity index (χ4v) is 3.43. The molecule has 2 aromatic rings. The van der Waals surface area contributed by atoms with Gasteiger partial charge in [-0.1, -0.05) is 23.8 Å². The Morgan fingerprint density at radius 3 is 2.76 bits per heavy atom. The summed E-state index contributed by atoms with van der Waals surface area (Å²) in [4.78, 5) is 6.57. The molecule has 1 fully saturated rings. The second-order valence-electron chi connectivity index (χ2n) is 7.64. The van der Waals surface area contributed by atoms with Crippen LogP contribution in [-0.4, -0.2) is 46.3 Å². The molecule has 0 spiro atoms. The first kappa shape index (κ1) is 21.4. The third-order valence-corrected chi connectivity index (χ3v) is 5.13. The lowest BCUT2D eigenvalue weighted by Crippen LogP contribution is -2.36. The van der Waals surface area contributed by atoms with Crippen molar-refractivity contribution in [2.24, 2.45) is 5.92 Å². The molecule has 1 N–H and O–H groups in total. The molecule has 1 saturated heterocycles. The molecule has 1 aromatic heterocycles. The summed E-state index contributed by atoms with van der Waals surface area (Å²) in [5, 5.41) is 6.52. The zero-order valence-electron chi connectivity index (χ0n) is 16.8. The van der Waals surface area contributed by atoms with Gasteiger partial charge in [-0.05, 0) is 58.2 Å². The van der Waals surface area contributed by atoms with Crippen LogP contribution in [0.2, 0.25) is 0 Å². The van der Waals surface area contributed by atoms with E-state index in [0.29, 0.717) is 12.5 Å². The van der Waals surface area contributed by atoms with Crippen molar-refractivity contribution < 1.29 is 17.9 Å². The van der Waals surface area contributed by atoms with Gasteiger partial charge in [0.25, 0.3) is 6.43 Å². The molecule has 1 aliphatic heterocycles. The molecule has 5 nitrogen and oxygen atoms in total. The minimum atomic E-state index is -2.89. The Bertz CT molecular complexity index is 825. The van der Waals surface area contributed by atoms with Gasteiger partial charge in [-0.3, -0.25) is 0 Å². The molecular weight excluding hydrogens is 381 g/mol. The number of nitrogens with zero attached hydrogens (tertiary/aromatic N) is 3. The third kappa shape index (κ3) is 5.82. The predicted octanol–water partition coefficient (Wildman–Crippen LogP) is 5.00. The smallest absolute Gasteiger partial charge is 0.312 e. The second-order valence-corrected chi connectivity index (χ2v) is 7.64. The number of benzene rings is 1. The number of rotatable bonds is 8. The molecule has 1 aromatic carbocycles. The fraction of sp³-hybridized carbons (Fsp3) is 0.524. The van der Waals surface area contributed by atoms with Gasteiger partial charge in [0.15, 0.2) is 5.82 Å². The first-order valence-electron chi connectivity index (χ1n) is 9.92. The lowest BCUT2D eigenvalue weighted by molar-refractivity contribution is 0.138. The zero-order valence-corrected chi connectivity index (χ0v) is 16.8. The first-order chi connectivity index (χ1) is 13.9. The van der Waals surface area contributed by atoms with E-state index in [0.717, 1.165) is 45.0 Å². The maximum absolute atomic E-state index is 14.2. The second kappa shape index (κ2) is 9.91. The minimum Gasteiger partial charge on any atom is -0.463 e.